The molecule has 2 fully saturated rings. The van der Waals surface area contributed by atoms with Crippen molar-refractivity contribution in [2.75, 3.05) is 16.8 Å². The molecule has 0 unspecified atom stereocenters. The summed E-state index contributed by atoms with van der Waals surface area (Å²) in [5.41, 5.74) is 0.223. The molecule has 37 heavy (non-hydrogen) atoms. The van der Waals surface area contributed by atoms with Crippen LogP contribution in [0.4, 0.5) is 20.6 Å². The summed E-state index contributed by atoms with van der Waals surface area (Å²) < 4.78 is 13.3. The topological polar surface area (TPSA) is 98.8 Å². The summed E-state index contributed by atoms with van der Waals surface area (Å²) in [4.78, 5) is 56.6. The zero-order chi connectivity index (χ0) is 26.5. The van der Waals surface area contributed by atoms with Crippen LogP contribution in [0.25, 0.3) is 0 Å². The number of hydrogen-bond donors (Lipinski definition) is 2. The molecular formula is C28H31FN4O4. The third kappa shape index (κ3) is 4.16. The molecule has 0 saturated carbocycles. The Kier molecular flexibility index (Phi) is 6.04. The van der Waals surface area contributed by atoms with Crippen LogP contribution in [0.2, 0.25) is 0 Å². The number of fused-ring (bicyclic) bond motifs is 4. The summed E-state index contributed by atoms with van der Waals surface area (Å²) in [7, 11) is 0. The first-order chi connectivity index (χ1) is 17.5. The fourth-order valence-corrected chi connectivity index (χ4v) is 5.93. The number of rotatable bonds is 2. The molecule has 8 nitrogen and oxygen atoms in total. The summed E-state index contributed by atoms with van der Waals surface area (Å²) in [5.74, 6) is -1.86. The van der Waals surface area contributed by atoms with Gasteiger partial charge in [0.1, 0.15) is 5.82 Å². The number of urea groups is 1. The van der Waals surface area contributed by atoms with Gasteiger partial charge in [-0.1, -0.05) is 12.8 Å². The lowest BCUT2D eigenvalue weighted by atomic mass is 9.67. The minimum atomic E-state index is -1.46. The minimum absolute atomic E-state index is 0.119. The second-order valence-corrected chi connectivity index (χ2v) is 11.1. The highest BCUT2D eigenvalue weighted by Gasteiger charge is 2.63. The number of nitrogens with zero attached hydrogens (tertiary/aromatic N) is 2. The zero-order valence-corrected chi connectivity index (χ0v) is 21.3. The number of imide groups is 2. The van der Waals surface area contributed by atoms with Gasteiger partial charge in [-0.05, 0) is 88.1 Å². The molecule has 0 aromatic heterocycles. The van der Waals surface area contributed by atoms with Crippen LogP contribution in [0, 0.1) is 11.2 Å². The summed E-state index contributed by atoms with van der Waals surface area (Å²) in [6.45, 7) is 6.01. The van der Waals surface area contributed by atoms with E-state index >= 15 is 0 Å². The largest absolute Gasteiger partial charge is 0.367 e. The van der Waals surface area contributed by atoms with Crippen molar-refractivity contribution in [1.82, 2.24) is 10.2 Å². The van der Waals surface area contributed by atoms with Crippen LogP contribution in [0.1, 0.15) is 62.4 Å². The van der Waals surface area contributed by atoms with Gasteiger partial charge in [0, 0.05) is 29.0 Å². The Bertz CT molecular complexity index is 1290. The van der Waals surface area contributed by atoms with Gasteiger partial charge in [-0.2, -0.15) is 0 Å². The van der Waals surface area contributed by atoms with E-state index in [1.807, 2.05) is 6.07 Å². The van der Waals surface area contributed by atoms with Crippen LogP contribution in [0.3, 0.4) is 0 Å². The van der Waals surface area contributed by atoms with E-state index in [4.69, 9.17) is 0 Å². The van der Waals surface area contributed by atoms with Crippen molar-refractivity contribution in [3.8, 4) is 0 Å². The highest BCUT2D eigenvalue weighted by molar-refractivity contribution is 6.20. The molecular weight excluding hydrogens is 475 g/mol. The predicted molar refractivity (Wildman–Crippen MR) is 137 cm³/mol. The number of anilines is 2. The van der Waals surface area contributed by atoms with Crippen molar-refractivity contribution in [2.24, 2.45) is 5.41 Å². The Morgan fingerprint density at radius 2 is 1.78 bits per heavy atom. The molecule has 3 aliphatic rings. The van der Waals surface area contributed by atoms with Crippen LogP contribution < -0.4 is 15.5 Å². The minimum Gasteiger partial charge on any atom is -0.367 e. The van der Waals surface area contributed by atoms with Crippen molar-refractivity contribution in [3.63, 3.8) is 0 Å². The van der Waals surface area contributed by atoms with Gasteiger partial charge in [0.2, 0.25) is 11.8 Å². The van der Waals surface area contributed by atoms with Crippen LogP contribution in [-0.4, -0.2) is 46.8 Å². The number of amides is 5. The quantitative estimate of drug-likeness (QED) is 0.594. The number of carbonyl (C=O) groups excluding carboxylic acids is 4. The average Bonchev–Trinajstić information content (AvgIpc) is 3.08. The summed E-state index contributed by atoms with van der Waals surface area (Å²) >= 11 is 0. The smallest absolute Gasteiger partial charge is 0.331 e. The third-order valence-electron chi connectivity index (χ3n) is 7.63. The van der Waals surface area contributed by atoms with Gasteiger partial charge in [0.25, 0.3) is 5.91 Å². The van der Waals surface area contributed by atoms with Gasteiger partial charge in [-0.25, -0.2) is 9.18 Å². The van der Waals surface area contributed by atoms with E-state index in [-0.39, 0.29) is 12.5 Å². The Hall–Kier alpha value is -3.75. The summed E-state index contributed by atoms with van der Waals surface area (Å²) in [6, 6.07) is 9.68. The van der Waals surface area contributed by atoms with Gasteiger partial charge in [0.15, 0.2) is 5.41 Å². The van der Waals surface area contributed by atoms with Crippen molar-refractivity contribution < 1.29 is 23.6 Å². The number of barbiturate groups is 1. The number of halogens is 1. The van der Waals surface area contributed by atoms with Crippen molar-refractivity contribution >= 4 is 35.1 Å². The number of nitrogens with one attached hydrogen (secondary N) is 2. The Morgan fingerprint density at radius 1 is 1.05 bits per heavy atom. The lowest BCUT2D eigenvalue weighted by Crippen LogP contribution is -2.74. The van der Waals surface area contributed by atoms with Crippen molar-refractivity contribution in [1.29, 1.82) is 0 Å². The highest BCUT2D eigenvalue weighted by atomic mass is 19.1. The monoisotopic (exact) mass is 506 g/mol. The van der Waals surface area contributed by atoms with Gasteiger partial charge in [-0.15, -0.1) is 0 Å². The van der Waals surface area contributed by atoms with Gasteiger partial charge >= 0.3 is 6.03 Å². The molecule has 2 saturated heterocycles. The van der Waals surface area contributed by atoms with E-state index in [0.717, 1.165) is 30.5 Å². The van der Waals surface area contributed by atoms with E-state index in [2.05, 4.69) is 15.5 Å². The molecule has 9 heteroatoms. The fourth-order valence-electron chi connectivity index (χ4n) is 5.93. The first kappa shape index (κ1) is 24.9. The molecule has 194 valence electrons. The lowest BCUT2D eigenvalue weighted by Gasteiger charge is -2.53. The van der Waals surface area contributed by atoms with E-state index in [9.17, 15) is 23.6 Å². The third-order valence-corrected chi connectivity index (χ3v) is 7.63. The van der Waals surface area contributed by atoms with E-state index in [0.29, 0.717) is 24.2 Å². The fraction of sp³-hybridized carbons (Fsp3) is 0.429. The summed E-state index contributed by atoms with van der Waals surface area (Å²) in [6.07, 6.45) is 3.57. The van der Waals surface area contributed by atoms with Crippen LogP contribution in [-0.2, 0) is 16.0 Å². The van der Waals surface area contributed by atoms with Gasteiger partial charge < -0.3 is 10.2 Å². The van der Waals surface area contributed by atoms with Crippen LogP contribution >= 0.6 is 0 Å². The van der Waals surface area contributed by atoms with Crippen LogP contribution in [0.15, 0.2) is 42.5 Å². The molecule has 1 spiro atoms. The highest BCUT2D eigenvalue weighted by Crippen LogP contribution is 2.48. The van der Waals surface area contributed by atoms with Gasteiger partial charge in [-0.3, -0.25) is 24.6 Å². The lowest BCUT2D eigenvalue weighted by molar-refractivity contribution is -0.156. The number of hydrogen-bond acceptors (Lipinski definition) is 5. The van der Waals surface area contributed by atoms with Crippen molar-refractivity contribution in [3.05, 3.63) is 59.4 Å². The Balaban J connectivity index is 1.56. The molecule has 0 aliphatic carbocycles. The van der Waals surface area contributed by atoms with Gasteiger partial charge in [0.05, 0.1) is 6.04 Å². The maximum absolute atomic E-state index is 14.1. The molecule has 2 atom stereocenters. The first-order valence-corrected chi connectivity index (χ1v) is 12.7. The normalized spacial score (nSPS) is 23.8. The molecule has 2 aromatic rings. The molecule has 3 aliphatic heterocycles. The number of carbonyl (C=O) groups is 4. The Labute approximate surface area is 215 Å². The number of benzene rings is 2. The SMILES string of the molecule is CC(C)(C)N1C(=O)NC(=O)[C@]2(Cc3cc(NC(=O)c4ccc(F)cc4)ccc3N3CCCCC[C@H]32)C1=O. The molecule has 3 heterocycles. The van der Waals surface area contributed by atoms with E-state index in [1.165, 1.54) is 29.2 Å². The molecule has 0 radical (unpaired) electrons. The second-order valence-electron chi connectivity index (χ2n) is 11.1. The molecule has 2 aromatic carbocycles. The maximum atomic E-state index is 14.1. The summed E-state index contributed by atoms with van der Waals surface area (Å²) in [5, 5.41) is 5.32. The van der Waals surface area contributed by atoms with E-state index < -0.39 is 40.5 Å². The molecule has 2 N–H and O–H groups in total. The molecule has 5 amide bonds. The average molecular weight is 507 g/mol. The molecule has 0 bridgehead atoms. The maximum Gasteiger partial charge on any atom is 0.331 e. The van der Waals surface area contributed by atoms with E-state index in [1.54, 1.807) is 32.9 Å². The standard InChI is InChI=1S/C28H31FN4O4/c1-27(2,3)33-25(36)28(24(35)31-26(33)37)16-18-15-20(30-23(34)17-8-10-19(29)11-9-17)12-13-21(18)32-14-6-4-5-7-22(28)32/h8-13,15,22H,4-7,14,16H2,1-3H3,(H,30,34)(H,31,35,37)/t22-,28+/m0/s1. The predicted octanol–water partition coefficient (Wildman–Crippen LogP) is 4.25. The second kappa shape index (κ2) is 8.97. The molecule has 5 rings (SSSR count). The van der Waals surface area contributed by atoms with Crippen molar-refractivity contribution in [2.45, 2.75) is 64.5 Å². The zero-order valence-electron chi connectivity index (χ0n) is 21.3. The van der Waals surface area contributed by atoms with Crippen LogP contribution in [0.5, 0.6) is 0 Å². The first-order valence-electron chi connectivity index (χ1n) is 12.7. The Morgan fingerprint density at radius 3 is 2.49 bits per heavy atom.